The minimum atomic E-state index is -0.469. The van der Waals surface area contributed by atoms with Gasteiger partial charge in [0.1, 0.15) is 16.9 Å². The van der Waals surface area contributed by atoms with E-state index in [1.54, 1.807) is 31.2 Å². The van der Waals surface area contributed by atoms with E-state index in [0.29, 0.717) is 0 Å². The van der Waals surface area contributed by atoms with Crippen molar-refractivity contribution in [1.82, 2.24) is 4.90 Å². The summed E-state index contributed by atoms with van der Waals surface area (Å²) in [5.41, 5.74) is 1.12. The SMILES string of the molecule is COc1ccc(SC(c2ccccc2)N(C)C(=O)Nc2ccccc2F)cc1. The van der Waals surface area contributed by atoms with Crippen LogP contribution >= 0.6 is 11.8 Å². The Morgan fingerprint density at radius 2 is 1.64 bits per heavy atom. The highest BCUT2D eigenvalue weighted by Crippen LogP contribution is 2.38. The van der Waals surface area contributed by atoms with Crippen molar-refractivity contribution < 1.29 is 13.9 Å². The topological polar surface area (TPSA) is 41.6 Å². The molecule has 0 spiro atoms. The number of nitrogens with one attached hydrogen (secondary N) is 1. The first-order chi connectivity index (χ1) is 13.6. The number of carbonyl (C=O) groups is 1. The molecule has 1 atom stereocenters. The first-order valence-corrected chi connectivity index (χ1v) is 9.60. The van der Waals surface area contributed by atoms with Crippen LogP contribution in [0.4, 0.5) is 14.9 Å². The van der Waals surface area contributed by atoms with Crippen LogP contribution in [0.2, 0.25) is 0 Å². The number of ether oxygens (including phenoxy) is 1. The zero-order valence-electron chi connectivity index (χ0n) is 15.6. The predicted molar refractivity (Wildman–Crippen MR) is 111 cm³/mol. The first kappa shape index (κ1) is 19.8. The van der Waals surface area contributed by atoms with Gasteiger partial charge in [-0.25, -0.2) is 9.18 Å². The molecule has 0 bridgehead atoms. The Hall–Kier alpha value is -2.99. The van der Waals surface area contributed by atoms with Crippen molar-refractivity contribution in [3.8, 4) is 5.75 Å². The molecule has 1 N–H and O–H groups in total. The molecular weight excluding hydrogens is 375 g/mol. The highest BCUT2D eigenvalue weighted by atomic mass is 32.2. The molecule has 0 aliphatic heterocycles. The summed E-state index contributed by atoms with van der Waals surface area (Å²) in [6.07, 6.45) is 0. The zero-order valence-corrected chi connectivity index (χ0v) is 16.4. The van der Waals surface area contributed by atoms with Crippen molar-refractivity contribution in [2.75, 3.05) is 19.5 Å². The number of para-hydroxylation sites is 1. The van der Waals surface area contributed by atoms with Gasteiger partial charge in [0, 0.05) is 11.9 Å². The van der Waals surface area contributed by atoms with Crippen molar-refractivity contribution in [2.45, 2.75) is 10.3 Å². The molecule has 0 heterocycles. The van der Waals surface area contributed by atoms with E-state index in [1.807, 2.05) is 54.6 Å². The Labute approximate surface area is 168 Å². The molecule has 1 unspecified atom stereocenters. The minimum absolute atomic E-state index is 0.153. The smallest absolute Gasteiger partial charge is 0.322 e. The molecule has 0 aliphatic rings. The predicted octanol–water partition coefficient (Wildman–Crippen LogP) is 5.79. The standard InChI is InChI=1S/C22H21FN2O2S/c1-25(22(26)24-20-11-7-6-10-19(20)23)21(16-8-4-3-5-9-16)28-18-14-12-17(27-2)13-15-18/h3-15,21H,1-2H3,(H,24,26). The van der Waals surface area contributed by atoms with E-state index in [1.165, 1.54) is 23.9 Å². The van der Waals surface area contributed by atoms with Crippen molar-refractivity contribution in [1.29, 1.82) is 0 Å². The summed E-state index contributed by atoms with van der Waals surface area (Å²) < 4.78 is 19.1. The monoisotopic (exact) mass is 396 g/mol. The lowest BCUT2D eigenvalue weighted by Gasteiger charge is -2.28. The number of carbonyl (C=O) groups excluding carboxylic acids is 1. The number of hydrogen-bond donors (Lipinski definition) is 1. The second-order valence-corrected chi connectivity index (χ2v) is 7.23. The summed E-state index contributed by atoms with van der Waals surface area (Å²) in [5, 5.41) is 2.35. The Morgan fingerprint density at radius 3 is 2.29 bits per heavy atom. The fraction of sp³-hybridized carbons (Fsp3) is 0.136. The largest absolute Gasteiger partial charge is 0.497 e. The van der Waals surface area contributed by atoms with Crippen LogP contribution in [0.5, 0.6) is 5.75 Å². The summed E-state index contributed by atoms with van der Waals surface area (Å²) in [7, 11) is 3.32. The lowest BCUT2D eigenvalue weighted by atomic mass is 10.2. The van der Waals surface area contributed by atoms with Crippen molar-refractivity contribution >= 4 is 23.5 Å². The van der Waals surface area contributed by atoms with E-state index in [2.05, 4.69) is 5.32 Å². The summed E-state index contributed by atoms with van der Waals surface area (Å²) in [6, 6.07) is 23.1. The van der Waals surface area contributed by atoms with Gasteiger partial charge in [-0.05, 0) is 42.0 Å². The molecule has 0 fully saturated rings. The molecule has 0 aromatic heterocycles. The maximum Gasteiger partial charge on any atom is 0.322 e. The van der Waals surface area contributed by atoms with Gasteiger partial charge in [-0.15, -0.1) is 0 Å². The molecule has 0 saturated carbocycles. The number of halogens is 1. The average Bonchev–Trinajstić information content (AvgIpc) is 2.74. The third-order valence-corrected chi connectivity index (χ3v) is 5.54. The molecule has 3 rings (SSSR count). The number of thioether (sulfide) groups is 1. The number of benzene rings is 3. The molecule has 6 heteroatoms. The summed E-state index contributed by atoms with van der Waals surface area (Å²) in [5.74, 6) is 0.301. The third kappa shape index (κ3) is 4.84. The van der Waals surface area contributed by atoms with Crippen molar-refractivity contribution in [3.05, 3.63) is 90.2 Å². The fourth-order valence-corrected chi connectivity index (χ4v) is 3.74. The molecule has 4 nitrogen and oxygen atoms in total. The van der Waals surface area contributed by atoms with Crippen LogP contribution in [0, 0.1) is 5.82 Å². The van der Waals surface area contributed by atoms with E-state index in [0.717, 1.165) is 16.2 Å². The highest BCUT2D eigenvalue weighted by molar-refractivity contribution is 7.99. The minimum Gasteiger partial charge on any atom is -0.497 e. The van der Waals surface area contributed by atoms with Gasteiger partial charge in [0.25, 0.3) is 0 Å². The van der Waals surface area contributed by atoms with Crippen LogP contribution in [0.1, 0.15) is 10.9 Å². The maximum absolute atomic E-state index is 13.9. The second kappa shape index (κ2) is 9.28. The molecule has 0 radical (unpaired) electrons. The van der Waals surface area contributed by atoms with Gasteiger partial charge in [-0.3, -0.25) is 0 Å². The van der Waals surface area contributed by atoms with Gasteiger partial charge in [-0.2, -0.15) is 0 Å². The molecule has 2 amide bonds. The Balaban J connectivity index is 1.83. The molecule has 0 saturated heterocycles. The highest BCUT2D eigenvalue weighted by Gasteiger charge is 2.23. The van der Waals surface area contributed by atoms with E-state index < -0.39 is 5.82 Å². The molecular formula is C22H21FN2O2S. The quantitative estimate of drug-likeness (QED) is 0.424. The van der Waals surface area contributed by atoms with Crippen LogP contribution in [-0.2, 0) is 0 Å². The van der Waals surface area contributed by atoms with Crippen LogP contribution in [0.25, 0.3) is 0 Å². The van der Waals surface area contributed by atoms with Crippen LogP contribution < -0.4 is 10.1 Å². The maximum atomic E-state index is 13.9. The third-order valence-electron chi connectivity index (χ3n) is 4.18. The Bertz CT molecular complexity index is 919. The number of methoxy groups -OCH3 is 1. The number of hydrogen-bond acceptors (Lipinski definition) is 3. The number of anilines is 1. The van der Waals surface area contributed by atoms with E-state index >= 15 is 0 Å². The van der Waals surface area contributed by atoms with Gasteiger partial charge < -0.3 is 15.0 Å². The van der Waals surface area contributed by atoms with E-state index in [9.17, 15) is 9.18 Å². The van der Waals surface area contributed by atoms with Gasteiger partial charge in [0.15, 0.2) is 0 Å². The second-order valence-electron chi connectivity index (χ2n) is 6.08. The van der Waals surface area contributed by atoms with Crippen LogP contribution in [0.3, 0.4) is 0 Å². The molecule has 28 heavy (non-hydrogen) atoms. The molecule has 3 aromatic carbocycles. The van der Waals surface area contributed by atoms with Gasteiger partial charge in [0.2, 0.25) is 0 Å². The van der Waals surface area contributed by atoms with Crippen molar-refractivity contribution in [3.63, 3.8) is 0 Å². The molecule has 0 aliphatic carbocycles. The Morgan fingerprint density at radius 1 is 1.00 bits per heavy atom. The normalized spacial score (nSPS) is 11.5. The molecule has 144 valence electrons. The first-order valence-electron chi connectivity index (χ1n) is 8.72. The summed E-state index contributed by atoms with van der Waals surface area (Å²) >= 11 is 1.53. The summed E-state index contributed by atoms with van der Waals surface area (Å²) in [4.78, 5) is 15.3. The van der Waals surface area contributed by atoms with Crippen LogP contribution in [0.15, 0.2) is 83.8 Å². The zero-order chi connectivity index (χ0) is 19.9. The van der Waals surface area contributed by atoms with Crippen molar-refractivity contribution in [2.24, 2.45) is 0 Å². The van der Waals surface area contributed by atoms with E-state index in [4.69, 9.17) is 4.74 Å². The number of rotatable bonds is 6. The van der Waals surface area contributed by atoms with Gasteiger partial charge in [0.05, 0.1) is 12.8 Å². The summed E-state index contributed by atoms with van der Waals surface area (Å²) in [6.45, 7) is 0. The lowest BCUT2D eigenvalue weighted by molar-refractivity contribution is 0.219. The van der Waals surface area contributed by atoms with Gasteiger partial charge in [-0.1, -0.05) is 54.2 Å². The number of nitrogens with zero attached hydrogens (tertiary/aromatic N) is 1. The Kier molecular flexibility index (Phi) is 6.55. The fourth-order valence-electron chi connectivity index (χ4n) is 2.64. The van der Waals surface area contributed by atoms with Crippen LogP contribution in [-0.4, -0.2) is 25.1 Å². The van der Waals surface area contributed by atoms with E-state index in [-0.39, 0.29) is 17.1 Å². The average molecular weight is 396 g/mol. The molecule has 3 aromatic rings. The lowest BCUT2D eigenvalue weighted by Crippen LogP contribution is -2.33. The van der Waals surface area contributed by atoms with Gasteiger partial charge >= 0.3 is 6.03 Å². The number of urea groups is 1. The number of amides is 2.